The monoisotopic (exact) mass is 277 g/mol. The Labute approximate surface area is 123 Å². The van der Waals surface area contributed by atoms with E-state index in [1.165, 1.54) is 0 Å². The summed E-state index contributed by atoms with van der Waals surface area (Å²) in [6.45, 7) is 1.80. The lowest BCUT2D eigenvalue weighted by Gasteiger charge is -2.24. The highest BCUT2D eigenvalue weighted by Crippen LogP contribution is 2.43. The van der Waals surface area contributed by atoms with Crippen molar-refractivity contribution in [1.29, 1.82) is 5.26 Å². The van der Waals surface area contributed by atoms with E-state index in [-0.39, 0.29) is 17.6 Å². The number of ether oxygens (including phenoxy) is 1. The van der Waals surface area contributed by atoms with E-state index in [1.54, 1.807) is 25.3 Å². The Morgan fingerprint density at radius 1 is 1.24 bits per heavy atom. The van der Waals surface area contributed by atoms with Crippen molar-refractivity contribution < 1.29 is 9.84 Å². The van der Waals surface area contributed by atoms with E-state index in [0.717, 1.165) is 16.7 Å². The Kier molecular flexibility index (Phi) is 3.37. The highest BCUT2D eigenvalue weighted by molar-refractivity contribution is 5.56. The van der Waals surface area contributed by atoms with Crippen LogP contribution in [0.1, 0.15) is 35.4 Å². The molecule has 1 aliphatic rings. The smallest absolute Gasteiger partial charge is 0.135 e. The van der Waals surface area contributed by atoms with Crippen LogP contribution in [0.3, 0.4) is 0 Å². The number of allylic oxidation sites excluding steroid dienone is 1. The number of benzene rings is 2. The first kappa shape index (κ1) is 13.3. The van der Waals surface area contributed by atoms with Crippen LogP contribution in [0.25, 0.3) is 0 Å². The predicted octanol–water partition coefficient (Wildman–Crippen LogP) is 4.06. The van der Waals surface area contributed by atoms with Crippen LogP contribution >= 0.6 is 0 Å². The van der Waals surface area contributed by atoms with Crippen molar-refractivity contribution >= 4 is 0 Å². The molecule has 3 rings (SSSR count). The molecule has 0 aromatic heterocycles. The van der Waals surface area contributed by atoms with E-state index in [2.05, 4.69) is 6.07 Å². The van der Waals surface area contributed by atoms with Gasteiger partial charge in [0, 0.05) is 17.0 Å². The molecule has 0 fully saturated rings. The summed E-state index contributed by atoms with van der Waals surface area (Å²) in [5.41, 5.74) is 2.73. The fourth-order valence-electron chi connectivity index (χ4n) is 2.66. The summed E-state index contributed by atoms with van der Waals surface area (Å²) in [4.78, 5) is 0. The lowest BCUT2D eigenvalue weighted by molar-refractivity contribution is 0.440. The second kappa shape index (κ2) is 5.34. The summed E-state index contributed by atoms with van der Waals surface area (Å²) in [6.07, 6.45) is 3.61. The van der Waals surface area contributed by atoms with Crippen LogP contribution in [0, 0.1) is 11.3 Å². The largest absolute Gasteiger partial charge is 0.508 e. The molecule has 0 bridgehead atoms. The summed E-state index contributed by atoms with van der Waals surface area (Å²) in [5.74, 6) is 0.518. The minimum Gasteiger partial charge on any atom is -0.508 e. The van der Waals surface area contributed by atoms with Crippen molar-refractivity contribution in [2.24, 2.45) is 0 Å². The second-order valence-corrected chi connectivity index (χ2v) is 5.14. The maximum Gasteiger partial charge on any atom is 0.135 e. The molecule has 21 heavy (non-hydrogen) atoms. The highest BCUT2D eigenvalue weighted by atomic mass is 16.5. The van der Waals surface area contributed by atoms with Crippen LogP contribution in [-0.4, -0.2) is 5.11 Å². The third-order valence-electron chi connectivity index (χ3n) is 3.74. The Morgan fingerprint density at radius 2 is 2.00 bits per heavy atom. The number of phenols is 1. The van der Waals surface area contributed by atoms with Crippen LogP contribution in [0.4, 0.5) is 0 Å². The molecule has 2 unspecified atom stereocenters. The zero-order chi connectivity index (χ0) is 14.8. The lowest BCUT2D eigenvalue weighted by Crippen LogP contribution is -2.08. The van der Waals surface area contributed by atoms with Gasteiger partial charge in [-0.05, 0) is 30.7 Å². The number of fused-ring (bicyclic) bond motifs is 1. The van der Waals surface area contributed by atoms with E-state index >= 15 is 0 Å². The normalized spacial score (nSPS) is 17.4. The summed E-state index contributed by atoms with van der Waals surface area (Å²) in [7, 11) is 0. The Hall–Kier alpha value is -2.73. The molecule has 1 aliphatic heterocycles. The Morgan fingerprint density at radius 3 is 2.71 bits per heavy atom. The third-order valence-corrected chi connectivity index (χ3v) is 3.74. The average molecular weight is 277 g/mol. The molecule has 104 valence electrons. The molecule has 0 saturated heterocycles. The number of nitrogens with zero attached hydrogens (tertiary/aromatic N) is 1. The van der Waals surface area contributed by atoms with Gasteiger partial charge in [0.2, 0.25) is 0 Å². The molecule has 3 heteroatoms. The van der Waals surface area contributed by atoms with Gasteiger partial charge in [0.1, 0.15) is 11.5 Å². The van der Waals surface area contributed by atoms with Crippen LogP contribution in [0.15, 0.2) is 54.8 Å². The SMILES string of the molecule is CC(C#N)c1cc(O)cc2c1OC=CC2c1ccccc1. The number of aromatic hydroxyl groups is 1. The maximum absolute atomic E-state index is 9.99. The Bertz CT molecular complexity index is 729. The van der Waals surface area contributed by atoms with Crippen molar-refractivity contribution in [3.05, 3.63) is 71.5 Å². The molecule has 0 radical (unpaired) electrons. The van der Waals surface area contributed by atoms with E-state index in [9.17, 15) is 5.11 Å². The average Bonchev–Trinajstić information content (AvgIpc) is 2.53. The maximum atomic E-state index is 9.99. The minimum atomic E-state index is -0.339. The molecule has 2 atom stereocenters. The molecule has 2 aromatic rings. The number of hydrogen-bond acceptors (Lipinski definition) is 3. The van der Waals surface area contributed by atoms with Crippen molar-refractivity contribution in [1.82, 2.24) is 0 Å². The van der Waals surface area contributed by atoms with E-state index in [1.807, 2.05) is 36.4 Å². The van der Waals surface area contributed by atoms with Crippen LogP contribution in [-0.2, 0) is 0 Å². The van der Waals surface area contributed by atoms with Gasteiger partial charge in [-0.1, -0.05) is 30.3 Å². The molecule has 0 saturated carbocycles. The highest BCUT2D eigenvalue weighted by Gasteiger charge is 2.25. The summed E-state index contributed by atoms with van der Waals surface area (Å²) in [6, 6.07) is 15.5. The molecule has 0 aliphatic carbocycles. The van der Waals surface area contributed by atoms with Gasteiger partial charge >= 0.3 is 0 Å². The van der Waals surface area contributed by atoms with Gasteiger partial charge < -0.3 is 9.84 Å². The quantitative estimate of drug-likeness (QED) is 0.900. The van der Waals surface area contributed by atoms with Crippen molar-refractivity contribution in [3.8, 4) is 17.6 Å². The molecule has 2 aromatic carbocycles. The molecule has 0 spiro atoms. The molecular formula is C18H15NO2. The van der Waals surface area contributed by atoms with Crippen LogP contribution in [0.5, 0.6) is 11.5 Å². The van der Waals surface area contributed by atoms with Crippen molar-refractivity contribution in [2.45, 2.75) is 18.8 Å². The van der Waals surface area contributed by atoms with Gasteiger partial charge in [-0.25, -0.2) is 0 Å². The van der Waals surface area contributed by atoms with E-state index in [0.29, 0.717) is 5.75 Å². The zero-order valence-corrected chi connectivity index (χ0v) is 11.7. The van der Waals surface area contributed by atoms with Gasteiger partial charge in [0.05, 0.1) is 18.2 Å². The molecule has 3 nitrogen and oxygen atoms in total. The topological polar surface area (TPSA) is 53.2 Å². The van der Waals surface area contributed by atoms with E-state index < -0.39 is 0 Å². The predicted molar refractivity (Wildman–Crippen MR) is 80.2 cm³/mol. The van der Waals surface area contributed by atoms with Crippen molar-refractivity contribution in [2.75, 3.05) is 0 Å². The van der Waals surface area contributed by atoms with Crippen molar-refractivity contribution in [3.63, 3.8) is 0 Å². The third kappa shape index (κ3) is 2.36. The van der Waals surface area contributed by atoms with E-state index in [4.69, 9.17) is 10.00 Å². The Balaban J connectivity index is 2.16. The first-order valence-electron chi connectivity index (χ1n) is 6.85. The zero-order valence-electron chi connectivity index (χ0n) is 11.7. The molecule has 1 heterocycles. The number of nitriles is 1. The standard InChI is InChI=1S/C18H15NO2/c1-12(11-19)16-9-14(20)10-17-15(7-8-21-18(16)17)13-5-3-2-4-6-13/h2-10,12,15,20H,1H3. The van der Waals surface area contributed by atoms with Gasteiger partial charge in [-0.15, -0.1) is 0 Å². The lowest BCUT2D eigenvalue weighted by atomic mass is 9.86. The van der Waals surface area contributed by atoms with Gasteiger partial charge in [0.15, 0.2) is 0 Å². The van der Waals surface area contributed by atoms with Gasteiger partial charge in [-0.2, -0.15) is 5.26 Å². The summed E-state index contributed by atoms with van der Waals surface area (Å²) in [5, 5.41) is 19.1. The van der Waals surface area contributed by atoms with Crippen LogP contribution in [0.2, 0.25) is 0 Å². The number of rotatable bonds is 2. The molecular weight excluding hydrogens is 262 g/mol. The fourth-order valence-corrected chi connectivity index (χ4v) is 2.66. The summed E-state index contributed by atoms with van der Waals surface area (Å²) >= 11 is 0. The van der Waals surface area contributed by atoms with Crippen LogP contribution < -0.4 is 4.74 Å². The number of phenolic OH excluding ortho intramolecular Hbond substituents is 1. The number of hydrogen-bond donors (Lipinski definition) is 1. The van der Waals surface area contributed by atoms with Gasteiger partial charge in [0.25, 0.3) is 0 Å². The molecule has 0 amide bonds. The minimum absolute atomic E-state index is 0.0201. The first-order chi connectivity index (χ1) is 10.2. The fraction of sp³-hybridized carbons (Fsp3) is 0.167. The second-order valence-electron chi connectivity index (χ2n) is 5.14. The summed E-state index contributed by atoms with van der Waals surface area (Å²) < 4.78 is 5.64. The molecule has 1 N–H and O–H groups in total. The van der Waals surface area contributed by atoms with Gasteiger partial charge in [-0.3, -0.25) is 0 Å². The first-order valence-corrected chi connectivity index (χ1v) is 6.85.